The first-order valence-corrected chi connectivity index (χ1v) is 8.21. The van der Waals surface area contributed by atoms with E-state index < -0.39 is 62.5 Å². The fourth-order valence-electron chi connectivity index (χ4n) is 1.82. The van der Waals surface area contributed by atoms with Gasteiger partial charge in [0.15, 0.2) is 0 Å². The van der Waals surface area contributed by atoms with Crippen LogP contribution in [-0.2, 0) is 9.59 Å². The first-order valence-electron chi connectivity index (χ1n) is 8.21. The lowest BCUT2D eigenvalue weighted by atomic mass is 10.0. The van der Waals surface area contributed by atoms with Crippen molar-refractivity contribution in [1.82, 2.24) is 10.6 Å². The standard InChI is InChI=1S/C14H28N2O8.CH5N/c17-5-13(6-18,7-19)15-11(23)3-1-2-4-12(24)16-14(8-20,9-21)10-22;1-2/h17-22H,1-10H2,(H,15,23)(H,16,24);2H2,1H3. The SMILES string of the molecule is CN.O=C(CCCCC(=O)NC(CO)(CO)CO)NC(CO)(CO)CO. The number of unbranched alkanes of at least 4 members (excludes halogenated alkanes) is 1. The van der Waals surface area contributed by atoms with Crippen LogP contribution in [0.2, 0.25) is 0 Å². The molecule has 0 fully saturated rings. The van der Waals surface area contributed by atoms with Gasteiger partial charge in [-0.2, -0.15) is 0 Å². The summed E-state index contributed by atoms with van der Waals surface area (Å²) in [5.74, 6) is -0.967. The Labute approximate surface area is 152 Å². The number of hydrogen-bond acceptors (Lipinski definition) is 9. The van der Waals surface area contributed by atoms with Crippen molar-refractivity contribution in [3.8, 4) is 0 Å². The topological polar surface area (TPSA) is 206 Å². The molecule has 156 valence electrons. The van der Waals surface area contributed by atoms with Gasteiger partial charge < -0.3 is 47.0 Å². The summed E-state index contributed by atoms with van der Waals surface area (Å²) in [7, 11) is 1.50. The van der Waals surface area contributed by atoms with Crippen LogP contribution in [0.25, 0.3) is 0 Å². The number of carbonyl (C=O) groups is 2. The summed E-state index contributed by atoms with van der Waals surface area (Å²) in [6, 6.07) is 0. The number of nitrogens with two attached hydrogens (primary N) is 1. The van der Waals surface area contributed by atoms with Gasteiger partial charge in [-0.3, -0.25) is 9.59 Å². The Kier molecular flexibility index (Phi) is 15.3. The molecule has 0 aromatic heterocycles. The van der Waals surface area contributed by atoms with E-state index in [0.717, 1.165) is 0 Å². The zero-order valence-electron chi connectivity index (χ0n) is 15.1. The van der Waals surface area contributed by atoms with Crippen LogP contribution in [0, 0.1) is 0 Å². The molecule has 0 bridgehead atoms. The van der Waals surface area contributed by atoms with E-state index in [1.807, 2.05) is 0 Å². The molecule has 0 aromatic rings. The minimum Gasteiger partial charge on any atom is -0.394 e. The predicted octanol–water partition coefficient (Wildman–Crippen LogP) is -4.21. The summed E-state index contributed by atoms with van der Waals surface area (Å²) in [6.45, 7) is -3.67. The van der Waals surface area contributed by atoms with E-state index in [1.54, 1.807) is 0 Å². The van der Waals surface area contributed by atoms with E-state index in [0.29, 0.717) is 12.8 Å². The normalized spacial score (nSPS) is 11.4. The van der Waals surface area contributed by atoms with Gasteiger partial charge >= 0.3 is 0 Å². The number of rotatable bonds is 13. The lowest BCUT2D eigenvalue weighted by molar-refractivity contribution is -0.127. The lowest BCUT2D eigenvalue weighted by Crippen LogP contribution is -2.57. The highest BCUT2D eigenvalue weighted by molar-refractivity contribution is 5.78. The molecule has 0 saturated carbocycles. The molecule has 0 aliphatic carbocycles. The van der Waals surface area contributed by atoms with Gasteiger partial charge in [-0.25, -0.2) is 0 Å². The summed E-state index contributed by atoms with van der Waals surface area (Å²) in [4.78, 5) is 23.4. The van der Waals surface area contributed by atoms with E-state index in [-0.39, 0.29) is 12.8 Å². The highest BCUT2D eigenvalue weighted by atomic mass is 16.3. The molecule has 0 heterocycles. The molecule has 0 aromatic carbocycles. The van der Waals surface area contributed by atoms with Crippen molar-refractivity contribution in [3.05, 3.63) is 0 Å². The molecule has 0 saturated heterocycles. The predicted molar refractivity (Wildman–Crippen MR) is 92.8 cm³/mol. The molecular formula is C15H33N3O8. The van der Waals surface area contributed by atoms with Crippen molar-refractivity contribution in [2.45, 2.75) is 36.8 Å². The second-order valence-electron chi connectivity index (χ2n) is 5.81. The van der Waals surface area contributed by atoms with Crippen LogP contribution in [0.5, 0.6) is 0 Å². The molecule has 0 unspecified atom stereocenters. The summed E-state index contributed by atoms with van der Waals surface area (Å²) in [5.41, 5.74) is 1.55. The monoisotopic (exact) mass is 383 g/mol. The molecule has 26 heavy (non-hydrogen) atoms. The molecular weight excluding hydrogens is 350 g/mol. The van der Waals surface area contributed by atoms with Crippen molar-refractivity contribution in [1.29, 1.82) is 0 Å². The minimum atomic E-state index is -1.47. The molecule has 10 N–H and O–H groups in total. The van der Waals surface area contributed by atoms with Crippen LogP contribution in [0.3, 0.4) is 0 Å². The Morgan fingerprint density at radius 3 is 1.08 bits per heavy atom. The number of aliphatic hydroxyl groups excluding tert-OH is 6. The number of hydrogen-bond donors (Lipinski definition) is 9. The third kappa shape index (κ3) is 9.38. The second kappa shape index (κ2) is 14.8. The highest BCUT2D eigenvalue weighted by Crippen LogP contribution is 2.07. The fourth-order valence-corrected chi connectivity index (χ4v) is 1.82. The molecule has 0 spiro atoms. The zero-order chi connectivity index (χ0) is 20.6. The van der Waals surface area contributed by atoms with Crippen LogP contribution in [-0.4, -0.2) is 100 Å². The molecule has 11 nitrogen and oxygen atoms in total. The molecule has 2 amide bonds. The average molecular weight is 383 g/mol. The molecule has 0 rings (SSSR count). The third-order valence-electron chi connectivity index (χ3n) is 3.68. The van der Waals surface area contributed by atoms with Gasteiger partial charge in [0.25, 0.3) is 0 Å². The number of amides is 2. The van der Waals surface area contributed by atoms with Crippen molar-refractivity contribution in [2.75, 3.05) is 46.7 Å². The van der Waals surface area contributed by atoms with E-state index >= 15 is 0 Å². The van der Waals surface area contributed by atoms with Crippen LogP contribution < -0.4 is 16.4 Å². The zero-order valence-corrected chi connectivity index (χ0v) is 15.1. The van der Waals surface area contributed by atoms with E-state index in [4.69, 9.17) is 30.6 Å². The number of nitrogens with one attached hydrogen (secondary N) is 2. The van der Waals surface area contributed by atoms with Crippen LogP contribution >= 0.6 is 0 Å². The van der Waals surface area contributed by atoms with Gasteiger partial charge in [-0.15, -0.1) is 0 Å². The quantitative estimate of drug-likeness (QED) is 0.141. The van der Waals surface area contributed by atoms with Gasteiger partial charge in [0.1, 0.15) is 11.1 Å². The Morgan fingerprint density at radius 1 is 0.654 bits per heavy atom. The van der Waals surface area contributed by atoms with Gasteiger partial charge in [0.2, 0.25) is 11.8 Å². The maximum atomic E-state index is 11.7. The number of carbonyl (C=O) groups excluding carboxylic acids is 2. The van der Waals surface area contributed by atoms with Crippen LogP contribution in [0.1, 0.15) is 25.7 Å². The summed E-state index contributed by atoms with van der Waals surface area (Å²) < 4.78 is 0. The van der Waals surface area contributed by atoms with Gasteiger partial charge in [0.05, 0.1) is 39.6 Å². The van der Waals surface area contributed by atoms with Crippen LogP contribution in [0.15, 0.2) is 0 Å². The Morgan fingerprint density at radius 2 is 0.885 bits per heavy atom. The maximum Gasteiger partial charge on any atom is 0.220 e. The summed E-state index contributed by atoms with van der Waals surface area (Å²) in [5, 5.41) is 59.3. The maximum absolute atomic E-state index is 11.7. The van der Waals surface area contributed by atoms with Crippen LogP contribution in [0.4, 0.5) is 0 Å². The molecule has 0 aliphatic rings. The summed E-state index contributed by atoms with van der Waals surface area (Å²) >= 11 is 0. The fraction of sp³-hybridized carbons (Fsp3) is 0.867. The van der Waals surface area contributed by atoms with Gasteiger partial charge in [0, 0.05) is 12.8 Å². The minimum absolute atomic E-state index is 0.0279. The Bertz CT molecular complexity index is 335. The van der Waals surface area contributed by atoms with Gasteiger partial charge in [-0.1, -0.05) is 0 Å². The molecule has 0 radical (unpaired) electrons. The van der Waals surface area contributed by atoms with Crippen molar-refractivity contribution < 1.29 is 40.2 Å². The average Bonchev–Trinajstić information content (AvgIpc) is 2.69. The van der Waals surface area contributed by atoms with E-state index in [9.17, 15) is 9.59 Å². The largest absolute Gasteiger partial charge is 0.394 e. The first kappa shape index (κ1) is 26.9. The third-order valence-corrected chi connectivity index (χ3v) is 3.68. The number of aliphatic hydroxyl groups is 6. The highest BCUT2D eigenvalue weighted by Gasteiger charge is 2.30. The van der Waals surface area contributed by atoms with Crippen molar-refractivity contribution in [2.24, 2.45) is 5.73 Å². The summed E-state index contributed by atoms with van der Waals surface area (Å²) in [6.07, 6.45) is 0.727. The molecule has 0 atom stereocenters. The van der Waals surface area contributed by atoms with E-state index in [2.05, 4.69) is 16.4 Å². The van der Waals surface area contributed by atoms with Gasteiger partial charge in [-0.05, 0) is 19.9 Å². The van der Waals surface area contributed by atoms with Crippen molar-refractivity contribution >= 4 is 11.8 Å². The first-order chi connectivity index (χ1) is 12.4. The van der Waals surface area contributed by atoms with E-state index in [1.165, 1.54) is 7.05 Å². The molecule has 0 aliphatic heterocycles. The molecule has 11 heteroatoms. The Hall–Kier alpha value is -1.34. The van der Waals surface area contributed by atoms with Crippen molar-refractivity contribution in [3.63, 3.8) is 0 Å². The second-order valence-corrected chi connectivity index (χ2v) is 5.81. The lowest BCUT2D eigenvalue weighted by Gasteiger charge is -2.29. The Balaban J connectivity index is 0. The smallest absolute Gasteiger partial charge is 0.220 e.